The Morgan fingerprint density at radius 3 is 2.33 bits per heavy atom. The summed E-state index contributed by atoms with van der Waals surface area (Å²) in [6.45, 7) is 3.80. The highest BCUT2D eigenvalue weighted by atomic mass is 35.5. The number of amides is 4. The Morgan fingerprint density at radius 1 is 0.942 bits per heavy atom. The van der Waals surface area contributed by atoms with Gasteiger partial charge in [0.15, 0.2) is 0 Å². The maximum absolute atomic E-state index is 15.4. The maximum atomic E-state index is 15.4. The van der Waals surface area contributed by atoms with Crippen molar-refractivity contribution < 1.29 is 29.0 Å². The number of carbonyl (C=O) groups excluding carboxylic acids is 4. The number of hydrogen-bond acceptors (Lipinski definition) is 8. The van der Waals surface area contributed by atoms with Gasteiger partial charge in [-0.05, 0) is 96.6 Å². The van der Waals surface area contributed by atoms with E-state index >= 15 is 4.79 Å². The highest BCUT2D eigenvalue weighted by molar-refractivity contribution is 7.09. The number of aryl methyl sites for hydroxylation is 2. The Kier molecular flexibility index (Phi) is 8.47. The van der Waals surface area contributed by atoms with Crippen molar-refractivity contribution in [3.63, 3.8) is 0 Å². The third kappa shape index (κ3) is 5.09. The van der Waals surface area contributed by atoms with Gasteiger partial charge >= 0.3 is 0 Å². The number of benzene rings is 3. The lowest BCUT2D eigenvalue weighted by atomic mass is 9.49. The van der Waals surface area contributed by atoms with Crippen LogP contribution >= 0.6 is 34.5 Å². The number of phenolic OH excluding ortho intramolecular Hbond substituents is 1. The fourth-order valence-electron chi connectivity index (χ4n) is 9.15. The van der Waals surface area contributed by atoms with Crippen LogP contribution in [0.5, 0.6) is 11.5 Å². The molecule has 4 amide bonds. The molecule has 0 bridgehead atoms. The Balaban J connectivity index is 1.33. The van der Waals surface area contributed by atoms with Crippen LogP contribution in [0, 0.1) is 37.5 Å². The summed E-state index contributed by atoms with van der Waals surface area (Å²) in [7, 11) is 1.56. The normalized spacial score (nSPS) is 26.6. The molecule has 4 aromatic rings. The molecule has 52 heavy (non-hydrogen) atoms. The lowest BCUT2D eigenvalue weighted by molar-refractivity contribution is -0.141. The topological polar surface area (TPSA) is 116 Å². The molecule has 1 saturated carbocycles. The number of halogens is 2. The molecule has 2 aliphatic heterocycles. The van der Waals surface area contributed by atoms with E-state index in [1.54, 1.807) is 45.2 Å². The third-order valence-electron chi connectivity index (χ3n) is 11.4. The van der Waals surface area contributed by atoms with Gasteiger partial charge in [-0.15, -0.1) is 11.3 Å². The van der Waals surface area contributed by atoms with Crippen LogP contribution in [0.15, 0.2) is 83.8 Å². The third-order valence-corrected chi connectivity index (χ3v) is 12.8. The van der Waals surface area contributed by atoms with Gasteiger partial charge in [-0.25, -0.2) is 0 Å². The molecule has 0 spiro atoms. The number of allylic oxidation sites excluding steroid dienone is 2. The molecule has 266 valence electrons. The Bertz CT molecular complexity index is 2160. The second-order valence-electron chi connectivity index (χ2n) is 14.1. The Hall–Kier alpha value is -4.64. The summed E-state index contributed by atoms with van der Waals surface area (Å²) in [6, 6.07) is 19.5. The van der Waals surface area contributed by atoms with Gasteiger partial charge in [0, 0.05) is 15.8 Å². The predicted octanol–water partition coefficient (Wildman–Crippen LogP) is 7.57. The summed E-state index contributed by atoms with van der Waals surface area (Å²) in [6.07, 6.45) is 2.51. The minimum Gasteiger partial charge on any atom is -0.507 e. The largest absolute Gasteiger partial charge is 0.507 e. The van der Waals surface area contributed by atoms with Gasteiger partial charge in [0.2, 0.25) is 11.8 Å². The first kappa shape index (κ1) is 34.4. The number of carbonyl (C=O) groups is 4. The standard InChI is InChI=1S/C40H35Cl2N3O6S/c1-20-15-22(16-21(2)35(20)46)34-27-11-12-28-33(38(49)44(36(28)47)19-26-5-4-14-52-26)29(27)18-30-37(48)45(43-32-13-8-24(41)17-31(32)42)39(50)40(30,34)23-6-9-25(51-3)10-7-23/h4-11,13-17,28-30,33-34,43,46H,12,18-19H2,1-3H3. The van der Waals surface area contributed by atoms with Crippen molar-refractivity contribution in [2.75, 3.05) is 12.5 Å². The molecule has 6 unspecified atom stereocenters. The number of nitrogens with zero attached hydrogens (tertiary/aromatic N) is 2. The zero-order valence-corrected chi connectivity index (χ0v) is 30.9. The van der Waals surface area contributed by atoms with E-state index in [4.69, 9.17) is 27.9 Å². The number of thiophene rings is 1. The van der Waals surface area contributed by atoms with E-state index < -0.39 is 46.8 Å². The van der Waals surface area contributed by atoms with E-state index in [0.717, 1.165) is 21.0 Å². The molecule has 2 N–H and O–H groups in total. The van der Waals surface area contributed by atoms with Crippen molar-refractivity contribution >= 4 is 63.9 Å². The van der Waals surface area contributed by atoms with Crippen LogP contribution in [0.1, 0.15) is 45.9 Å². The molecule has 2 saturated heterocycles. The summed E-state index contributed by atoms with van der Waals surface area (Å²) >= 11 is 14.2. The molecule has 9 nitrogen and oxygen atoms in total. The number of fused-ring (bicyclic) bond motifs is 4. The smallest absolute Gasteiger partial charge is 0.260 e. The van der Waals surface area contributed by atoms with Gasteiger partial charge in [-0.1, -0.05) is 65.2 Å². The van der Waals surface area contributed by atoms with Crippen molar-refractivity contribution in [2.45, 2.75) is 44.6 Å². The molecule has 0 radical (unpaired) electrons. The number of hydrazine groups is 1. The van der Waals surface area contributed by atoms with Crippen molar-refractivity contribution in [3.05, 3.63) is 121 Å². The molecule has 12 heteroatoms. The van der Waals surface area contributed by atoms with E-state index in [0.29, 0.717) is 39.6 Å². The van der Waals surface area contributed by atoms with Crippen LogP contribution in [-0.4, -0.2) is 45.8 Å². The van der Waals surface area contributed by atoms with Gasteiger partial charge in [0.25, 0.3) is 11.8 Å². The van der Waals surface area contributed by atoms with Crippen LogP contribution in [0.25, 0.3) is 0 Å². The number of likely N-dealkylation sites (tertiary alicyclic amines) is 1. The fraction of sp³-hybridized carbons (Fsp3) is 0.300. The number of imide groups is 2. The first-order valence-electron chi connectivity index (χ1n) is 17.1. The van der Waals surface area contributed by atoms with E-state index in [-0.39, 0.29) is 35.6 Å². The summed E-state index contributed by atoms with van der Waals surface area (Å²) in [5.41, 5.74) is 5.25. The van der Waals surface area contributed by atoms with Crippen LogP contribution in [0.3, 0.4) is 0 Å². The quantitative estimate of drug-likeness (QED) is 0.148. The van der Waals surface area contributed by atoms with Gasteiger partial charge in [-0.3, -0.25) is 29.5 Å². The van der Waals surface area contributed by atoms with E-state index in [1.807, 2.05) is 47.9 Å². The molecule has 3 aromatic carbocycles. The second kappa shape index (κ2) is 12.8. The number of hydrogen-bond donors (Lipinski definition) is 2. The molecule has 1 aromatic heterocycles. The molecule has 6 atom stereocenters. The zero-order chi connectivity index (χ0) is 36.6. The first-order valence-corrected chi connectivity index (χ1v) is 18.7. The molecular weight excluding hydrogens is 721 g/mol. The lowest BCUT2D eigenvalue weighted by Crippen LogP contribution is -2.53. The van der Waals surface area contributed by atoms with Crippen LogP contribution in [-0.2, 0) is 31.1 Å². The molecule has 4 aliphatic rings. The molecule has 3 heterocycles. The second-order valence-corrected chi connectivity index (χ2v) is 15.9. The molecular formula is C40H35Cl2N3O6S. The van der Waals surface area contributed by atoms with E-state index in [9.17, 15) is 19.5 Å². The van der Waals surface area contributed by atoms with Crippen LogP contribution in [0.4, 0.5) is 5.69 Å². The number of aromatic hydroxyl groups is 1. The Labute approximate surface area is 314 Å². The number of nitrogens with one attached hydrogen (secondary N) is 1. The maximum Gasteiger partial charge on any atom is 0.260 e. The number of ether oxygens (including phenoxy) is 1. The summed E-state index contributed by atoms with van der Waals surface area (Å²) in [5, 5.41) is 14.5. The monoisotopic (exact) mass is 755 g/mol. The van der Waals surface area contributed by atoms with E-state index in [2.05, 4.69) is 5.43 Å². The van der Waals surface area contributed by atoms with Gasteiger partial charge in [0.05, 0.1) is 47.5 Å². The van der Waals surface area contributed by atoms with Crippen molar-refractivity contribution in [2.24, 2.45) is 23.7 Å². The van der Waals surface area contributed by atoms with Crippen molar-refractivity contribution in [1.82, 2.24) is 9.91 Å². The minimum absolute atomic E-state index is 0.138. The highest BCUT2D eigenvalue weighted by Crippen LogP contribution is 2.64. The molecule has 8 rings (SSSR count). The summed E-state index contributed by atoms with van der Waals surface area (Å²) < 4.78 is 5.48. The SMILES string of the molecule is COc1ccc(C23C(=O)N(Nc4ccc(Cl)cc4Cl)C(=O)C2CC2C(=CCC4C(=O)N(Cc5cccs5)C(=O)C42)C3c2cc(C)c(O)c(C)c2)cc1. The van der Waals surface area contributed by atoms with Crippen molar-refractivity contribution in [1.29, 1.82) is 0 Å². The van der Waals surface area contributed by atoms with Gasteiger partial charge in [-0.2, -0.15) is 5.01 Å². The minimum atomic E-state index is -1.48. The number of rotatable bonds is 7. The van der Waals surface area contributed by atoms with Gasteiger partial charge in [0.1, 0.15) is 11.5 Å². The highest BCUT2D eigenvalue weighted by Gasteiger charge is 2.70. The summed E-state index contributed by atoms with van der Waals surface area (Å²) in [5.74, 6) is -4.16. The predicted molar refractivity (Wildman–Crippen MR) is 198 cm³/mol. The number of anilines is 1. The zero-order valence-electron chi connectivity index (χ0n) is 28.6. The first-order chi connectivity index (χ1) is 24.9. The summed E-state index contributed by atoms with van der Waals surface area (Å²) in [4.78, 5) is 60.9. The lowest BCUT2D eigenvalue weighted by Gasteiger charge is -2.50. The van der Waals surface area contributed by atoms with Crippen LogP contribution < -0.4 is 10.2 Å². The Morgan fingerprint density at radius 2 is 1.67 bits per heavy atom. The molecule has 2 aliphatic carbocycles. The van der Waals surface area contributed by atoms with Gasteiger partial charge < -0.3 is 9.84 Å². The average Bonchev–Trinajstić information content (AvgIpc) is 3.79. The number of phenols is 1. The fourth-order valence-corrected chi connectivity index (χ4v) is 10.3. The van der Waals surface area contributed by atoms with E-state index in [1.165, 1.54) is 22.3 Å². The molecule has 3 fully saturated rings. The van der Waals surface area contributed by atoms with Crippen LogP contribution in [0.2, 0.25) is 10.0 Å². The van der Waals surface area contributed by atoms with Crippen molar-refractivity contribution in [3.8, 4) is 11.5 Å². The average molecular weight is 757 g/mol. The number of methoxy groups -OCH3 is 1.